The third-order valence-corrected chi connectivity index (χ3v) is 8.87. The molecule has 3 unspecified atom stereocenters. The van der Waals surface area contributed by atoms with Gasteiger partial charge in [-0.15, -0.1) is 0 Å². The van der Waals surface area contributed by atoms with Crippen molar-refractivity contribution in [3.63, 3.8) is 0 Å². The van der Waals surface area contributed by atoms with Crippen molar-refractivity contribution < 1.29 is 28.6 Å². The van der Waals surface area contributed by atoms with Crippen molar-refractivity contribution in [2.75, 3.05) is 46.9 Å². The van der Waals surface area contributed by atoms with Crippen molar-refractivity contribution in [3.05, 3.63) is 71.8 Å². The predicted molar refractivity (Wildman–Crippen MR) is 172 cm³/mol. The molecule has 2 aliphatic rings. The Morgan fingerprint density at radius 3 is 2.40 bits per heavy atom. The van der Waals surface area contributed by atoms with Crippen LogP contribution in [0.15, 0.2) is 60.7 Å². The Bertz CT molecular complexity index is 1180. The molecular formula is C35H50N4O6. The largest absolute Gasteiger partial charge is 0.453 e. The molecule has 1 aliphatic carbocycles. The molecule has 4 rings (SSSR count). The second-order valence-electron chi connectivity index (χ2n) is 12.3. The van der Waals surface area contributed by atoms with Gasteiger partial charge in [0.05, 0.1) is 25.7 Å². The van der Waals surface area contributed by atoms with Crippen molar-refractivity contribution in [3.8, 4) is 0 Å². The van der Waals surface area contributed by atoms with Crippen LogP contribution in [-0.2, 0) is 25.6 Å². The zero-order valence-corrected chi connectivity index (χ0v) is 26.7. The Labute approximate surface area is 267 Å². The minimum atomic E-state index is -0.496. The van der Waals surface area contributed by atoms with Gasteiger partial charge in [0.1, 0.15) is 6.61 Å². The minimum Gasteiger partial charge on any atom is -0.453 e. The van der Waals surface area contributed by atoms with Crippen molar-refractivity contribution in [1.82, 2.24) is 20.9 Å². The topological polar surface area (TPSA) is 118 Å². The molecule has 3 N–H and O–H groups in total. The maximum Gasteiger partial charge on any atom is 0.409 e. The molecule has 3 amide bonds. The van der Waals surface area contributed by atoms with E-state index in [4.69, 9.17) is 9.47 Å². The van der Waals surface area contributed by atoms with E-state index in [0.29, 0.717) is 38.6 Å². The number of amides is 3. The molecule has 0 bridgehead atoms. The van der Waals surface area contributed by atoms with Gasteiger partial charge >= 0.3 is 12.2 Å². The highest BCUT2D eigenvalue weighted by Crippen LogP contribution is 2.33. The molecule has 1 saturated carbocycles. The number of hydrogen-bond acceptors (Lipinski definition) is 7. The molecule has 10 nitrogen and oxygen atoms in total. The van der Waals surface area contributed by atoms with Gasteiger partial charge < -0.3 is 35.1 Å². The van der Waals surface area contributed by atoms with Crippen molar-refractivity contribution >= 4 is 18.1 Å². The zero-order valence-electron chi connectivity index (χ0n) is 26.7. The summed E-state index contributed by atoms with van der Waals surface area (Å²) in [5.41, 5.74) is 1.97. The molecule has 1 aliphatic heterocycles. The Balaban J connectivity index is 1.37. The van der Waals surface area contributed by atoms with Crippen LogP contribution in [0.4, 0.5) is 9.59 Å². The van der Waals surface area contributed by atoms with Crippen LogP contribution in [0, 0.1) is 17.8 Å². The molecule has 1 saturated heterocycles. The number of piperidine rings is 1. The quantitative estimate of drug-likeness (QED) is 0.253. The third kappa shape index (κ3) is 11.3. The summed E-state index contributed by atoms with van der Waals surface area (Å²) in [5, 5.41) is 9.46. The van der Waals surface area contributed by atoms with Gasteiger partial charge in [-0.05, 0) is 29.9 Å². The van der Waals surface area contributed by atoms with Gasteiger partial charge in [0, 0.05) is 45.2 Å². The molecule has 2 fully saturated rings. The van der Waals surface area contributed by atoms with Gasteiger partial charge in [-0.1, -0.05) is 92.8 Å². The average Bonchev–Trinajstić information content (AvgIpc) is 3.08. The summed E-state index contributed by atoms with van der Waals surface area (Å²) in [5.74, 6) is 0.348. The van der Waals surface area contributed by atoms with E-state index in [2.05, 4.69) is 20.7 Å². The highest BCUT2D eigenvalue weighted by atomic mass is 16.6. The van der Waals surface area contributed by atoms with E-state index in [1.165, 1.54) is 26.4 Å². The van der Waals surface area contributed by atoms with E-state index in [1.807, 2.05) is 60.7 Å². The number of methoxy groups -OCH3 is 1. The van der Waals surface area contributed by atoms with E-state index >= 15 is 0 Å². The molecule has 0 spiro atoms. The van der Waals surface area contributed by atoms with E-state index in [0.717, 1.165) is 36.9 Å². The molecule has 0 radical (unpaired) electrons. The first-order chi connectivity index (χ1) is 21.9. The highest BCUT2D eigenvalue weighted by Gasteiger charge is 2.34. The van der Waals surface area contributed by atoms with Crippen LogP contribution in [-0.4, -0.2) is 76.0 Å². The SMILES string of the molecule is COC(=O)NCCOC(c1ccccc1)C1CNCC(C(=O)N[C@H](CC2CCCCC2)CN(C)C(=O)OCc2ccccc2)C1. The summed E-state index contributed by atoms with van der Waals surface area (Å²) in [7, 11) is 3.07. The number of nitrogens with zero attached hydrogens (tertiary/aromatic N) is 1. The van der Waals surface area contributed by atoms with E-state index in [9.17, 15) is 14.4 Å². The highest BCUT2D eigenvalue weighted by molar-refractivity contribution is 5.79. The predicted octanol–water partition coefficient (Wildman–Crippen LogP) is 5.05. The lowest BCUT2D eigenvalue weighted by Crippen LogP contribution is -2.51. The van der Waals surface area contributed by atoms with Crippen LogP contribution in [0.1, 0.15) is 62.2 Å². The van der Waals surface area contributed by atoms with Gasteiger partial charge in [-0.25, -0.2) is 9.59 Å². The fourth-order valence-corrected chi connectivity index (χ4v) is 6.52. The summed E-state index contributed by atoms with van der Waals surface area (Å²) in [6.07, 6.45) is 6.37. The number of alkyl carbamates (subject to hydrolysis) is 1. The third-order valence-electron chi connectivity index (χ3n) is 8.87. The number of likely N-dealkylation sites (N-methyl/N-ethyl adjacent to an activating group) is 1. The number of benzene rings is 2. The smallest absolute Gasteiger partial charge is 0.409 e. The number of ether oxygens (including phenoxy) is 3. The van der Waals surface area contributed by atoms with Crippen molar-refractivity contribution in [1.29, 1.82) is 0 Å². The van der Waals surface area contributed by atoms with Crippen molar-refractivity contribution in [2.24, 2.45) is 17.8 Å². The lowest BCUT2D eigenvalue weighted by molar-refractivity contribution is -0.127. The summed E-state index contributed by atoms with van der Waals surface area (Å²) >= 11 is 0. The zero-order chi connectivity index (χ0) is 31.9. The summed E-state index contributed by atoms with van der Waals surface area (Å²) < 4.78 is 16.5. The molecule has 246 valence electrons. The Hall–Kier alpha value is -3.63. The molecule has 0 aromatic heterocycles. The second-order valence-corrected chi connectivity index (χ2v) is 12.3. The van der Waals surface area contributed by atoms with E-state index in [1.54, 1.807) is 11.9 Å². The first-order valence-corrected chi connectivity index (χ1v) is 16.3. The van der Waals surface area contributed by atoms with Gasteiger partial charge in [0.2, 0.25) is 5.91 Å². The fourth-order valence-electron chi connectivity index (χ4n) is 6.52. The van der Waals surface area contributed by atoms with Crippen LogP contribution in [0.5, 0.6) is 0 Å². The van der Waals surface area contributed by atoms with Gasteiger partial charge in [-0.2, -0.15) is 0 Å². The number of nitrogens with one attached hydrogen (secondary N) is 3. The normalized spacial score (nSPS) is 20.0. The molecule has 2 aromatic carbocycles. The van der Waals surface area contributed by atoms with Crippen LogP contribution in [0.2, 0.25) is 0 Å². The molecule has 1 heterocycles. The number of hydrogen-bond donors (Lipinski definition) is 3. The number of carbonyl (C=O) groups excluding carboxylic acids is 3. The Morgan fingerprint density at radius 1 is 0.978 bits per heavy atom. The number of rotatable bonds is 14. The standard InChI is InChI=1S/C35H50N4O6/c1-39(35(42)45-25-27-14-8-4-9-15-27)24-31(20-26-12-6-3-7-13-26)38-33(40)30-21-29(22-36-23-30)32(28-16-10-5-11-17-28)44-19-18-37-34(41)43-2/h4-5,8-11,14-17,26,29-32,36H,3,6-7,12-13,18-25H2,1-2H3,(H,37,41)(H,38,40)/t29?,30?,31-,32?/m1/s1. The van der Waals surface area contributed by atoms with Crippen LogP contribution in [0.3, 0.4) is 0 Å². The van der Waals surface area contributed by atoms with Gasteiger partial charge in [-0.3, -0.25) is 4.79 Å². The summed E-state index contributed by atoms with van der Waals surface area (Å²) in [6.45, 7) is 2.54. The summed E-state index contributed by atoms with van der Waals surface area (Å²) in [4.78, 5) is 39.7. The van der Waals surface area contributed by atoms with Crippen molar-refractivity contribution in [2.45, 2.75) is 63.7 Å². The minimum absolute atomic E-state index is 0.00164. The second kappa shape index (κ2) is 18.4. The molecular weight excluding hydrogens is 572 g/mol. The van der Waals surface area contributed by atoms with E-state index in [-0.39, 0.29) is 36.5 Å². The maximum absolute atomic E-state index is 13.8. The monoisotopic (exact) mass is 622 g/mol. The van der Waals surface area contributed by atoms with Crippen LogP contribution >= 0.6 is 0 Å². The molecule has 10 heteroatoms. The number of carbonyl (C=O) groups is 3. The Kier molecular flexibility index (Phi) is 14.0. The molecule has 4 atom stereocenters. The molecule has 45 heavy (non-hydrogen) atoms. The first kappa shape index (κ1) is 34.2. The Morgan fingerprint density at radius 2 is 1.69 bits per heavy atom. The first-order valence-electron chi connectivity index (χ1n) is 16.3. The fraction of sp³-hybridized carbons (Fsp3) is 0.571. The average molecular weight is 623 g/mol. The van der Waals surface area contributed by atoms with Gasteiger partial charge in [0.25, 0.3) is 0 Å². The summed E-state index contributed by atoms with van der Waals surface area (Å²) in [6, 6.07) is 19.5. The van der Waals surface area contributed by atoms with Gasteiger partial charge in [0.15, 0.2) is 0 Å². The van der Waals surface area contributed by atoms with Crippen LogP contribution < -0.4 is 16.0 Å². The molecule has 2 aromatic rings. The van der Waals surface area contributed by atoms with E-state index < -0.39 is 12.2 Å². The maximum atomic E-state index is 13.8. The lowest BCUT2D eigenvalue weighted by atomic mass is 9.82. The van der Waals surface area contributed by atoms with Crippen LogP contribution in [0.25, 0.3) is 0 Å². The lowest BCUT2D eigenvalue weighted by Gasteiger charge is -2.36.